The Bertz CT molecular complexity index is 1020. The number of rotatable bonds is 7. The first-order valence-corrected chi connectivity index (χ1v) is 11.7. The van der Waals surface area contributed by atoms with Gasteiger partial charge in [-0.05, 0) is 73.6 Å². The molecular weight excluding hydrogens is 445 g/mol. The smallest absolute Gasteiger partial charge is 0.417 e. The molecule has 5 nitrogen and oxygen atoms in total. The predicted octanol–water partition coefficient (Wildman–Crippen LogP) is 5.80. The SMILES string of the molecule is Cc1cc(OCCCC2OCCO2)ccc1C1CCN(c2ccc(C#N)c(C(F)(F)F)c2)CC1. The second-order valence-corrected chi connectivity index (χ2v) is 8.78. The maximum atomic E-state index is 13.3. The zero-order valence-electron chi connectivity index (χ0n) is 19.2. The molecule has 0 radical (unpaired) electrons. The lowest BCUT2D eigenvalue weighted by Gasteiger charge is -2.34. The number of hydrogen-bond acceptors (Lipinski definition) is 5. The third-order valence-electron chi connectivity index (χ3n) is 6.51. The Kier molecular flexibility index (Phi) is 7.64. The molecule has 2 aliphatic rings. The molecule has 2 saturated heterocycles. The predicted molar refractivity (Wildman–Crippen MR) is 122 cm³/mol. The molecule has 0 N–H and O–H groups in total. The third-order valence-corrected chi connectivity index (χ3v) is 6.51. The van der Waals surface area contributed by atoms with Gasteiger partial charge in [-0.15, -0.1) is 0 Å². The molecule has 2 aromatic carbocycles. The number of nitriles is 1. The average Bonchev–Trinajstić information content (AvgIpc) is 3.35. The van der Waals surface area contributed by atoms with E-state index in [9.17, 15) is 13.2 Å². The van der Waals surface area contributed by atoms with E-state index in [1.165, 1.54) is 11.6 Å². The lowest BCUT2D eigenvalue weighted by Crippen LogP contribution is -2.33. The van der Waals surface area contributed by atoms with Gasteiger partial charge in [-0.25, -0.2) is 0 Å². The highest BCUT2D eigenvalue weighted by Crippen LogP contribution is 2.37. The van der Waals surface area contributed by atoms with Crippen LogP contribution in [0.25, 0.3) is 0 Å². The van der Waals surface area contributed by atoms with Crippen molar-refractivity contribution < 1.29 is 27.4 Å². The highest BCUT2D eigenvalue weighted by Gasteiger charge is 2.34. The molecule has 182 valence electrons. The van der Waals surface area contributed by atoms with E-state index in [-0.39, 0.29) is 11.9 Å². The van der Waals surface area contributed by atoms with Crippen LogP contribution in [-0.2, 0) is 15.7 Å². The fraction of sp³-hybridized carbons (Fsp3) is 0.500. The molecule has 0 amide bonds. The average molecular weight is 475 g/mol. The van der Waals surface area contributed by atoms with Crippen LogP contribution in [-0.4, -0.2) is 39.2 Å². The van der Waals surface area contributed by atoms with Crippen molar-refractivity contribution in [3.05, 3.63) is 58.7 Å². The summed E-state index contributed by atoms with van der Waals surface area (Å²) in [6.45, 7) is 5.32. The fourth-order valence-corrected chi connectivity index (χ4v) is 4.72. The molecule has 34 heavy (non-hydrogen) atoms. The van der Waals surface area contributed by atoms with Crippen LogP contribution in [0.1, 0.15) is 53.9 Å². The Labute approximate surface area is 198 Å². The van der Waals surface area contributed by atoms with Gasteiger partial charge in [-0.3, -0.25) is 0 Å². The molecule has 2 fully saturated rings. The van der Waals surface area contributed by atoms with E-state index >= 15 is 0 Å². The quantitative estimate of drug-likeness (QED) is 0.475. The number of halogens is 3. The summed E-state index contributed by atoms with van der Waals surface area (Å²) in [7, 11) is 0. The largest absolute Gasteiger partial charge is 0.494 e. The van der Waals surface area contributed by atoms with Gasteiger partial charge in [0.05, 0.1) is 37.0 Å². The van der Waals surface area contributed by atoms with Gasteiger partial charge < -0.3 is 19.1 Å². The summed E-state index contributed by atoms with van der Waals surface area (Å²) in [4.78, 5) is 1.97. The van der Waals surface area contributed by atoms with Crippen LogP contribution in [0, 0.1) is 18.3 Å². The van der Waals surface area contributed by atoms with Gasteiger partial charge in [0.1, 0.15) is 5.75 Å². The number of piperidine rings is 1. The van der Waals surface area contributed by atoms with Crippen LogP contribution in [0.5, 0.6) is 5.75 Å². The summed E-state index contributed by atoms with van der Waals surface area (Å²) in [6, 6.07) is 11.8. The number of aryl methyl sites for hydroxylation is 1. The van der Waals surface area contributed by atoms with Crippen LogP contribution < -0.4 is 9.64 Å². The monoisotopic (exact) mass is 474 g/mol. The normalized spacial score (nSPS) is 17.7. The second-order valence-electron chi connectivity index (χ2n) is 8.78. The van der Waals surface area contributed by atoms with Crippen LogP contribution in [0.2, 0.25) is 0 Å². The Morgan fingerprint density at radius 2 is 1.82 bits per heavy atom. The molecule has 8 heteroatoms. The van der Waals surface area contributed by atoms with E-state index in [0.29, 0.717) is 44.5 Å². The van der Waals surface area contributed by atoms with Gasteiger partial charge in [0.2, 0.25) is 0 Å². The van der Waals surface area contributed by atoms with Crippen molar-refractivity contribution in [1.82, 2.24) is 0 Å². The molecule has 0 saturated carbocycles. The molecule has 2 heterocycles. The zero-order chi connectivity index (χ0) is 24.1. The molecule has 4 rings (SSSR count). The number of anilines is 1. The highest BCUT2D eigenvalue weighted by atomic mass is 19.4. The zero-order valence-corrected chi connectivity index (χ0v) is 19.2. The number of benzene rings is 2. The summed E-state index contributed by atoms with van der Waals surface area (Å²) < 4.78 is 56.7. The summed E-state index contributed by atoms with van der Waals surface area (Å²) in [5.74, 6) is 1.19. The molecule has 0 atom stereocenters. The molecule has 2 aliphatic heterocycles. The summed E-state index contributed by atoms with van der Waals surface area (Å²) in [5, 5.41) is 9.01. The van der Waals surface area contributed by atoms with Gasteiger partial charge in [0.25, 0.3) is 0 Å². The highest BCUT2D eigenvalue weighted by molar-refractivity contribution is 5.55. The van der Waals surface area contributed by atoms with E-state index in [4.69, 9.17) is 19.5 Å². The van der Waals surface area contributed by atoms with Crippen molar-refractivity contribution in [1.29, 1.82) is 5.26 Å². The van der Waals surface area contributed by atoms with Crippen LogP contribution in [0.3, 0.4) is 0 Å². The first-order valence-electron chi connectivity index (χ1n) is 11.7. The maximum absolute atomic E-state index is 13.3. The maximum Gasteiger partial charge on any atom is 0.417 e. The van der Waals surface area contributed by atoms with Gasteiger partial charge in [-0.1, -0.05) is 6.07 Å². The first kappa shape index (κ1) is 24.4. The summed E-state index contributed by atoms with van der Waals surface area (Å²) in [6.07, 6.45) is -1.27. The molecular formula is C26H29F3N2O3. The number of hydrogen-bond donors (Lipinski definition) is 0. The lowest BCUT2D eigenvalue weighted by atomic mass is 9.86. The minimum absolute atomic E-state index is 0.108. The molecule has 0 spiro atoms. The Balaban J connectivity index is 1.32. The molecule has 0 aliphatic carbocycles. The summed E-state index contributed by atoms with van der Waals surface area (Å²) >= 11 is 0. The Morgan fingerprint density at radius 3 is 2.47 bits per heavy atom. The van der Waals surface area contributed by atoms with Gasteiger partial charge in [0.15, 0.2) is 6.29 Å². The van der Waals surface area contributed by atoms with E-state index in [2.05, 4.69) is 19.1 Å². The molecule has 0 aromatic heterocycles. The number of ether oxygens (including phenoxy) is 3. The van der Waals surface area contributed by atoms with Crippen molar-refractivity contribution in [2.75, 3.05) is 37.8 Å². The van der Waals surface area contributed by atoms with Crippen molar-refractivity contribution in [2.24, 2.45) is 0 Å². The minimum atomic E-state index is -4.54. The first-order chi connectivity index (χ1) is 16.3. The second kappa shape index (κ2) is 10.7. The van der Waals surface area contributed by atoms with Crippen LogP contribution in [0.4, 0.5) is 18.9 Å². The van der Waals surface area contributed by atoms with Crippen molar-refractivity contribution in [2.45, 2.75) is 51.0 Å². The van der Waals surface area contributed by atoms with Gasteiger partial charge in [0, 0.05) is 25.2 Å². The fourth-order valence-electron chi connectivity index (χ4n) is 4.72. The topological polar surface area (TPSA) is 54.7 Å². The number of alkyl halides is 3. The van der Waals surface area contributed by atoms with Crippen molar-refractivity contribution >= 4 is 5.69 Å². The molecule has 0 bridgehead atoms. The van der Waals surface area contributed by atoms with Gasteiger partial charge >= 0.3 is 6.18 Å². The summed E-state index contributed by atoms with van der Waals surface area (Å²) in [5.41, 5.74) is 1.72. The van der Waals surface area contributed by atoms with Crippen LogP contribution in [0.15, 0.2) is 36.4 Å². The van der Waals surface area contributed by atoms with E-state index in [1.54, 1.807) is 12.1 Å². The van der Waals surface area contributed by atoms with Gasteiger partial charge in [-0.2, -0.15) is 18.4 Å². The standard InChI is InChI=1S/C26H29F3N2O3/c1-18-15-22(32-12-2-3-25-33-13-14-34-25)6-7-23(18)19-8-10-31(11-9-19)21-5-4-20(17-30)24(16-21)26(27,28)29/h4-7,15-16,19,25H,2-3,8-14H2,1H3. The molecule has 2 aromatic rings. The Hall–Kier alpha value is -2.76. The van der Waals surface area contributed by atoms with E-state index in [1.807, 2.05) is 11.0 Å². The Morgan fingerprint density at radius 1 is 1.09 bits per heavy atom. The van der Waals surface area contributed by atoms with Crippen molar-refractivity contribution in [3.63, 3.8) is 0 Å². The van der Waals surface area contributed by atoms with Crippen LogP contribution >= 0.6 is 0 Å². The molecule has 0 unspecified atom stereocenters. The number of nitrogens with zero attached hydrogens (tertiary/aromatic N) is 2. The minimum Gasteiger partial charge on any atom is -0.494 e. The van der Waals surface area contributed by atoms with Crippen molar-refractivity contribution in [3.8, 4) is 11.8 Å². The van der Waals surface area contributed by atoms with E-state index in [0.717, 1.165) is 43.1 Å². The van der Waals surface area contributed by atoms with E-state index < -0.39 is 11.7 Å². The lowest BCUT2D eigenvalue weighted by molar-refractivity contribution is -0.137. The third kappa shape index (κ3) is 5.83.